The third-order valence-corrected chi connectivity index (χ3v) is 4.79. The molecule has 0 aliphatic carbocycles. The van der Waals surface area contributed by atoms with Crippen LogP contribution >= 0.6 is 0 Å². The molecule has 0 saturated heterocycles. The fourth-order valence-electron chi connectivity index (χ4n) is 3.35. The first-order valence-electron chi connectivity index (χ1n) is 9.91. The van der Waals surface area contributed by atoms with E-state index in [2.05, 4.69) is 111 Å². The number of allylic oxidation sites excluding steroid dienone is 1. The molecule has 3 aromatic carbocycles. The first-order chi connectivity index (χ1) is 13.7. The van der Waals surface area contributed by atoms with Crippen LogP contribution in [0.3, 0.4) is 0 Å². The van der Waals surface area contributed by atoms with Gasteiger partial charge in [0.15, 0.2) is 0 Å². The summed E-state index contributed by atoms with van der Waals surface area (Å²) in [4.78, 5) is 2.12. The van der Waals surface area contributed by atoms with Crippen molar-refractivity contribution in [1.29, 1.82) is 0 Å². The van der Waals surface area contributed by atoms with E-state index in [0.29, 0.717) is 6.61 Å². The van der Waals surface area contributed by atoms with Crippen LogP contribution in [-0.4, -0.2) is 59.4 Å². The maximum atomic E-state index is 5.87. The molecule has 0 N–H and O–H groups in total. The average Bonchev–Trinajstić information content (AvgIpc) is 2.73. The Morgan fingerprint density at radius 3 is 1.76 bits per heavy atom. The second-order valence-electron chi connectivity index (χ2n) is 7.12. The van der Waals surface area contributed by atoms with E-state index in [1.54, 1.807) is 0 Å². The second-order valence-corrected chi connectivity index (χ2v) is 7.12. The van der Waals surface area contributed by atoms with Crippen LogP contribution in [0.4, 0.5) is 0 Å². The number of nitrogens with zero attached hydrogens (tertiary/aromatic N) is 1. The molecule has 0 fully saturated rings. The first-order valence-corrected chi connectivity index (χ1v) is 9.91. The molecule has 0 aliphatic heterocycles. The van der Waals surface area contributed by atoms with Gasteiger partial charge in [0.2, 0.25) is 0 Å². The van der Waals surface area contributed by atoms with E-state index in [9.17, 15) is 0 Å². The van der Waals surface area contributed by atoms with E-state index in [1.165, 1.54) is 27.8 Å². The standard InChI is InChI=1S/C26H29NO.Pb.2H/c1-4-25(21-11-7-5-8-12-21)26(22-13-9-6-10-14-22)23-15-17-24(18-16-23)28-20-19-27(2)3;;;/h5-18H,4,19-20H2,1-3H3;;;/b26-25-;;;. The van der Waals surface area contributed by atoms with Crippen LogP contribution in [0.15, 0.2) is 84.9 Å². The van der Waals surface area contributed by atoms with Crippen molar-refractivity contribution in [2.24, 2.45) is 0 Å². The molecule has 0 aromatic heterocycles. The molecule has 150 valence electrons. The molecule has 0 aliphatic rings. The first kappa shape index (κ1) is 23.4. The molecule has 0 bridgehead atoms. The zero-order valence-corrected chi connectivity index (χ0v) is 23.3. The predicted molar refractivity (Wildman–Crippen MR) is 128 cm³/mol. The van der Waals surface area contributed by atoms with Gasteiger partial charge in [0, 0.05) is 6.54 Å². The van der Waals surface area contributed by atoms with Gasteiger partial charge in [-0.05, 0) is 60.5 Å². The monoisotopic (exact) mass is 581 g/mol. The summed E-state index contributed by atoms with van der Waals surface area (Å²) in [5, 5.41) is 0. The molecule has 0 atom stereocenters. The Hall–Kier alpha value is -1.92. The van der Waals surface area contributed by atoms with Crippen molar-refractivity contribution in [2.75, 3.05) is 27.2 Å². The molecule has 3 heteroatoms. The third kappa shape index (κ3) is 6.54. The fraction of sp³-hybridized carbons (Fsp3) is 0.231. The van der Waals surface area contributed by atoms with Crippen LogP contribution < -0.4 is 4.74 Å². The number of hydrogen-bond donors (Lipinski definition) is 0. The molecule has 0 saturated carbocycles. The molecule has 0 heterocycles. The van der Waals surface area contributed by atoms with E-state index in [4.69, 9.17) is 4.74 Å². The molecule has 0 amide bonds. The Kier molecular flexibility index (Phi) is 9.61. The molecule has 3 aromatic rings. The molecule has 3 rings (SSSR count). The zero-order chi connectivity index (χ0) is 19.8. The molecule has 0 unspecified atom stereocenters. The van der Waals surface area contributed by atoms with Crippen LogP contribution in [-0.2, 0) is 0 Å². The SMILES string of the molecule is CC/C(=C(\c1ccccc1)c1ccc(OCCN(C)C)cc1)c1ccccc1.[PbH2]. The number of rotatable bonds is 8. The van der Waals surface area contributed by atoms with Gasteiger partial charge < -0.3 is 9.64 Å². The van der Waals surface area contributed by atoms with E-state index in [0.717, 1.165) is 18.7 Å². The molecule has 2 nitrogen and oxygen atoms in total. The van der Waals surface area contributed by atoms with Crippen molar-refractivity contribution in [2.45, 2.75) is 13.3 Å². The molecule has 2 radical (unpaired) electrons. The Labute approximate surface area is 195 Å². The average molecular weight is 581 g/mol. The van der Waals surface area contributed by atoms with E-state index < -0.39 is 0 Å². The number of likely N-dealkylation sites (N-methyl/N-ethyl adjacent to an activating group) is 1. The summed E-state index contributed by atoms with van der Waals surface area (Å²) in [5.74, 6) is 0.913. The topological polar surface area (TPSA) is 12.5 Å². The number of ether oxygens (including phenoxy) is 1. The van der Waals surface area contributed by atoms with Crippen molar-refractivity contribution in [3.8, 4) is 5.75 Å². The van der Waals surface area contributed by atoms with E-state index in [-0.39, 0.29) is 27.3 Å². The van der Waals surface area contributed by atoms with Crippen LogP contribution in [0, 0.1) is 0 Å². The van der Waals surface area contributed by atoms with Gasteiger partial charge in [0.25, 0.3) is 0 Å². The van der Waals surface area contributed by atoms with Gasteiger partial charge in [-0.2, -0.15) is 0 Å². The maximum absolute atomic E-state index is 5.87. The summed E-state index contributed by atoms with van der Waals surface area (Å²) in [6.45, 7) is 3.83. The zero-order valence-electron chi connectivity index (χ0n) is 17.8. The van der Waals surface area contributed by atoms with Crippen molar-refractivity contribution in [3.63, 3.8) is 0 Å². The molecular weight excluding hydrogens is 549 g/mol. The summed E-state index contributed by atoms with van der Waals surface area (Å²) in [7, 11) is 4.11. The van der Waals surface area contributed by atoms with E-state index in [1.807, 2.05) is 0 Å². The van der Waals surface area contributed by atoms with Crippen molar-refractivity contribution in [1.82, 2.24) is 4.90 Å². The van der Waals surface area contributed by atoms with Gasteiger partial charge in [-0.25, -0.2) is 0 Å². The van der Waals surface area contributed by atoms with E-state index >= 15 is 0 Å². The Morgan fingerprint density at radius 1 is 0.724 bits per heavy atom. The van der Waals surface area contributed by atoms with Crippen molar-refractivity contribution in [3.05, 3.63) is 102 Å². The Balaban J connectivity index is 0.00000300. The summed E-state index contributed by atoms with van der Waals surface area (Å²) in [6.07, 6.45) is 0.968. The number of hydrogen-bond acceptors (Lipinski definition) is 2. The van der Waals surface area contributed by atoms with Crippen LogP contribution in [0.1, 0.15) is 30.0 Å². The minimum absolute atomic E-state index is 0. The van der Waals surface area contributed by atoms with Gasteiger partial charge in [-0.3, -0.25) is 0 Å². The third-order valence-electron chi connectivity index (χ3n) is 4.79. The number of benzene rings is 3. The second kappa shape index (κ2) is 11.9. The predicted octanol–water partition coefficient (Wildman–Crippen LogP) is 5.08. The van der Waals surface area contributed by atoms with Gasteiger partial charge in [0.05, 0.1) is 0 Å². The van der Waals surface area contributed by atoms with Gasteiger partial charge in [-0.15, -0.1) is 0 Å². The quantitative estimate of drug-likeness (QED) is 0.272. The van der Waals surface area contributed by atoms with Crippen LogP contribution in [0.5, 0.6) is 5.75 Å². The Morgan fingerprint density at radius 2 is 1.24 bits per heavy atom. The van der Waals surface area contributed by atoms with Gasteiger partial charge >= 0.3 is 27.3 Å². The summed E-state index contributed by atoms with van der Waals surface area (Å²) < 4.78 is 5.87. The molecule has 29 heavy (non-hydrogen) atoms. The van der Waals surface area contributed by atoms with Gasteiger partial charge in [-0.1, -0.05) is 79.7 Å². The van der Waals surface area contributed by atoms with Crippen LogP contribution in [0.2, 0.25) is 0 Å². The summed E-state index contributed by atoms with van der Waals surface area (Å²) >= 11 is 0. The minimum atomic E-state index is 0. The van der Waals surface area contributed by atoms with Gasteiger partial charge in [0.1, 0.15) is 12.4 Å². The Bertz CT molecular complexity index is 887. The normalized spacial score (nSPS) is 11.6. The molecular formula is C26H31NOPb. The van der Waals surface area contributed by atoms with Crippen molar-refractivity contribution >= 4 is 38.4 Å². The van der Waals surface area contributed by atoms with Crippen LogP contribution in [0.25, 0.3) is 11.1 Å². The van der Waals surface area contributed by atoms with Crippen molar-refractivity contribution < 1.29 is 4.74 Å². The summed E-state index contributed by atoms with van der Waals surface area (Å²) in [5.41, 5.74) is 6.37. The summed E-state index contributed by atoms with van der Waals surface area (Å²) in [6, 6.07) is 29.8. The fourth-order valence-corrected chi connectivity index (χ4v) is 3.35. The molecule has 0 spiro atoms.